The maximum Gasteiger partial charge on any atom is 0.319 e. The minimum Gasteiger partial charge on any atom is -0.481 e. The average molecular weight is 278 g/mol. The number of urea groups is 1. The summed E-state index contributed by atoms with van der Waals surface area (Å²) in [7, 11) is 0. The lowest BCUT2D eigenvalue weighted by Crippen LogP contribution is -2.34. The summed E-state index contributed by atoms with van der Waals surface area (Å²) >= 11 is 0. The molecule has 1 aromatic rings. The van der Waals surface area contributed by atoms with Gasteiger partial charge in [-0.05, 0) is 30.4 Å². The number of anilines is 1. The average Bonchev–Trinajstić information content (AvgIpc) is 2.36. The Labute approximate surface area is 119 Å². The standard InChI is InChI=1S/C15H22N2O3/c1-11(2)8-12(9-14(18)19)10-16-15(20)17-13-6-4-3-5-7-13/h3-7,11-12H,8-10H2,1-2H3,(H,18,19)(H2,16,17,20)/t12-/m0/s1. The molecule has 20 heavy (non-hydrogen) atoms. The topological polar surface area (TPSA) is 78.4 Å². The van der Waals surface area contributed by atoms with Crippen molar-refractivity contribution in [3.63, 3.8) is 0 Å². The van der Waals surface area contributed by atoms with Crippen molar-refractivity contribution in [1.29, 1.82) is 0 Å². The van der Waals surface area contributed by atoms with Gasteiger partial charge in [0.25, 0.3) is 0 Å². The van der Waals surface area contributed by atoms with Crippen LogP contribution in [0.15, 0.2) is 30.3 Å². The molecule has 110 valence electrons. The molecule has 5 heteroatoms. The molecule has 1 rings (SSSR count). The Morgan fingerprint density at radius 3 is 2.40 bits per heavy atom. The van der Waals surface area contributed by atoms with Gasteiger partial charge in [0.05, 0.1) is 0 Å². The van der Waals surface area contributed by atoms with Crippen molar-refractivity contribution in [2.45, 2.75) is 26.7 Å². The number of amides is 2. The molecule has 3 N–H and O–H groups in total. The van der Waals surface area contributed by atoms with E-state index in [9.17, 15) is 9.59 Å². The highest BCUT2D eigenvalue weighted by molar-refractivity contribution is 5.89. The highest BCUT2D eigenvalue weighted by Gasteiger charge is 2.16. The van der Waals surface area contributed by atoms with Crippen LogP contribution in [-0.4, -0.2) is 23.7 Å². The van der Waals surface area contributed by atoms with Crippen LogP contribution < -0.4 is 10.6 Å². The molecule has 2 amide bonds. The minimum absolute atomic E-state index is 0.0472. The highest BCUT2D eigenvalue weighted by Crippen LogP contribution is 2.14. The second kappa shape index (κ2) is 8.19. The van der Waals surface area contributed by atoms with E-state index in [4.69, 9.17) is 5.11 Å². The Morgan fingerprint density at radius 2 is 1.85 bits per heavy atom. The van der Waals surface area contributed by atoms with E-state index >= 15 is 0 Å². The Balaban J connectivity index is 2.41. The first-order valence-electron chi connectivity index (χ1n) is 6.79. The lowest BCUT2D eigenvalue weighted by molar-refractivity contribution is -0.138. The van der Waals surface area contributed by atoms with E-state index < -0.39 is 5.97 Å². The summed E-state index contributed by atoms with van der Waals surface area (Å²) in [6.45, 7) is 4.45. The Hall–Kier alpha value is -2.04. The SMILES string of the molecule is CC(C)C[C@H](CNC(=O)Nc1ccccc1)CC(=O)O. The van der Waals surface area contributed by atoms with Crippen LogP contribution in [0.25, 0.3) is 0 Å². The number of carbonyl (C=O) groups is 2. The van der Waals surface area contributed by atoms with Crippen molar-refractivity contribution in [2.24, 2.45) is 11.8 Å². The molecule has 0 aromatic heterocycles. The number of carboxylic acids is 1. The quantitative estimate of drug-likeness (QED) is 0.717. The number of para-hydroxylation sites is 1. The molecule has 0 aliphatic carbocycles. The summed E-state index contributed by atoms with van der Waals surface area (Å²) in [6.07, 6.45) is 0.849. The van der Waals surface area contributed by atoms with Crippen LogP contribution >= 0.6 is 0 Å². The Kier molecular flexibility index (Phi) is 6.56. The molecule has 1 atom stereocenters. The number of benzene rings is 1. The van der Waals surface area contributed by atoms with Crippen LogP contribution in [0.5, 0.6) is 0 Å². The number of rotatable bonds is 7. The number of nitrogens with one attached hydrogen (secondary N) is 2. The van der Waals surface area contributed by atoms with Crippen molar-refractivity contribution in [3.8, 4) is 0 Å². The summed E-state index contributed by atoms with van der Waals surface area (Å²) in [5.74, 6) is -0.478. The molecule has 0 bridgehead atoms. The second-order valence-corrected chi connectivity index (χ2v) is 5.29. The van der Waals surface area contributed by atoms with Crippen LogP contribution in [0.2, 0.25) is 0 Å². The van der Waals surface area contributed by atoms with E-state index in [2.05, 4.69) is 10.6 Å². The second-order valence-electron chi connectivity index (χ2n) is 5.29. The largest absolute Gasteiger partial charge is 0.481 e. The summed E-state index contributed by atoms with van der Waals surface area (Å²) in [4.78, 5) is 22.5. The van der Waals surface area contributed by atoms with Crippen LogP contribution in [0.1, 0.15) is 26.7 Å². The summed E-state index contributed by atoms with van der Waals surface area (Å²) in [5.41, 5.74) is 0.712. The molecule has 0 radical (unpaired) electrons. The van der Waals surface area contributed by atoms with Crippen molar-refractivity contribution in [2.75, 3.05) is 11.9 Å². The fourth-order valence-corrected chi connectivity index (χ4v) is 2.09. The summed E-state index contributed by atoms with van der Waals surface area (Å²) < 4.78 is 0. The van der Waals surface area contributed by atoms with Gasteiger partial charge in [-0.3, -0.25) is 4.79 Å². The predicted molar refractivity (Wildman–Crippen MR) is 78.7 cm³/mol. The third-order valence-electron chi connectivity index (χ3n) is 2.85. The Bertz CT molecular complexity index is 432. The van der Waals surface area contributed by atoms with Crippen LogP contribution in [0.4, 0.5) is 10.5 Å². The van der Waals surface area contributed by atoms with E-state index in [1.165, 1.54) is 0 Å². The molecule has 0 spiro atoms. The first-order valence-corrected chi connectivity index (χ1v) is 6.79. The Morgan fingerprint density at radius 1 is 1.20 bits per heavy atom. The fraction of sp³-hybridized carbons (Fsp3) is 0.467. The molecule has 0 fully saturated rings. The zero-order chi connectivity index (χ0) is 15.0. The monoisotopic (exact) mass is 278 g/mol. The summed E-state index contributed by atoms with van der Waals surface area (Å²) in [5, 5.41) is 14.3. The number of hydrogen-bond donors (Lipinski definition) is 3. The zero-order valence-corrected chi connectivity index (χ0v) is 11.9. The van der Waals surface area contributed by atoms with Gasteiger partial charge in [0.1, 0.15) is 0 Å². The molecular weight excluding hydrogens is 256 g/mol. The molecule has 5 nitrogen and oxygen atoms in total. The fourth-order valence-electron chi connectivity index (χ4n) is 2.09. The first-order chi connectivity index (χ1) is 9.47. The van der Waals surface area contributed by atoms with Crippen molar-refractivity contribution in [3.05, 3.63) is 30.3 Å². The zero-order valence-electron chi connectivity index (χ0n) is 11.9. The molecule has 0 heterocycles. The maximum atomic E-state index is 11.7. The normalized spacial score (nSPS) is 11.9. The van der Waals surface area contributed by atoms with Gasteiger partial charge in [-0.15, -0.1) is 0 Å². The van der Waals surface area contributed by atoms with Gasteiger partial charge < -0.3 is 15.7 Å². The third kappa shape index (κ3) is 6.78. The lowest BCUT2D eigenvalue weighted by atomic mass is 9.94. The highest BCUT2D eigenvalue weighted by atomic mass is 16.4. The van der Waals surface area contributed by atoms with Crippen molar-refractivity contribution in [1.82, 2.24) is 5.32 Å². The summed E-state index contributed by atoms with van der Waals surface area (Å²) in [6, 6.07) is 8.82. The molecule has 0 unspecified atom stereocenters. The van der Waals surface area contributed by atoms with Gasteiger partial charge in [-0.1, -0.05) is 32.0 Å². The van der Waals surface area contributed by atoms with Gasteiger partial charge in [-0.25, -0.2) is 4.79 Å². The van der Waals surface area contributed by atoms with E-state index in [0.29, 0.717) is 18.2 Å². The molecule has 0 aliphatic heterocycles. The number of carbonyl (C=O) groups excluding carboxylic acids is 1. The number of carboxylic acid groups (broad SMARTS) is 1. The van der Waals surface area contributed by atoms with Crippen molar-refractivity contribution < 1.29 is 14.7 Å². The predicted octanol–water partition coefficient (Wildman–Crippen LogP) is 2.95. The molecule has 0 saturated carbocycles. The van der Waals surface area contributed by atoms with E-state index in [0.717, 1.165) is 6.42 Å². The molecule has 1 aromatic carbocycles. The number of hydrogen-bond acceptors (Lipinski definition) is 2. The third-order valence-corrected chi connectivity index (χ3v) is 2.85. The minimum atomic E-state index is -0.832. The van der Waals surface area contributed by atoms with Gasteiger partial charge >= 0.3 is 12.0 Å². The van der Waals surface area contributed by atoms with E-state index in [1.807, 2.05) is 32.0 Å². The number of aliphatic carboxylic acids is 1. The van der Waals surface area contributed by atoms with Gasteiger partial charge in [0.15, 0.2) is 0 Å². The first kappa shape index (κ1) is 16.0. The molecule has 0 aliphatic rings. The van der Waals surface area contributed by atoms with Gasteiger partial charge in [0, 0.05) is 18.7 Å². The lowest BCUT2D eigenvalue weighted by Gasteiger charge is -2.18. The van der Waals surface area contributed by atoms with Crippen LogP contribution in [0.3, 0.4) is 0 Å². The maximum absolute atomic E-state index is 11.7. The van der Waals surface area contributed by atoms with Gasteiger partial charge in [-0.2, -0.15) is 0 Å². The van der Waals surface area contributed by atoms with Crippen molar-refractivity contribution >= 4 is 17.7 Å². The van der Waals surface area contributed by atoms with Gasteiger partial charge in [0.2, 0.25) is 0 Å². The van der Waals surface area contributed by atoms with Crippen LogP contribution in [-0.2, 0) is 4.79 Å². The molecular formula is C15H22N2O3. The molecule has 0 saturated heterocycles. The van der Waals surface area contributed by atoms with E-state index in [1.54, 1.807) is 12.1 Å². The van der Waals surface area contributed by atoms with Crippen LogP contribution in [0, 0.1) is 11.8 Å². The smallest absolute Gasteiger partial charge is 0.319 e. The van der Waals surface area contributed by atoms with E-state index in [-0.39, 0.29) is 18.4 Å².